The number of hydrogen-bond acceptors (Lipinski definition) is 3. The summed E-state index contributed by atoms with van der Waals surface area (Å²) in [5, 5.41) is 8.71. The molecule has 0 saturated carbocycles. The van der Waals surface area contributed by atoms with Gasteiger partial charge in [-0.05, 0) is 25.8 Å². The van der Waals surface area contributed by atoms with Crippen molar-refractivity contribution in [2.75, 3.05) is 13.1 Å². The van der Waals surface area contributed by atoms with E-state index in [1.165, 1.54) is 38.5 Å². The number of fused-ring (bicyclic) bond motifs is 1. The smallest absolute Gasteiger partial charge is 0.270 e. The van der Waals surface area contributed by atoms with Crippen molar-refractivity contribution in [3.8, 4) is 0 Å². The summed E-state index contributed by atoms with van der Waals surface area (Å²) < 4.78 is 0. The molecule has 0 bridgehead atoms. The van der Waals surface area contributed by atoms with Gasteiger partial charge >= 0.3 is 0 Å². The Labute approximate surface area is 109 Å². The summed E-state index contributed by atoms with van der Waals surface area (Å²) in [4.78, 5) is 14.0. The molecule has 2 aliphatic heterocycles. The van der Waals surface area contributed by atoms with Crippen LogP contribution in [0.5, 0.6) is 0 Å². The van der Waals surface area contributed by atoms with Crippen molar-refractivity contribution in [2.45, 2.75) is 57.4 Å². The Morgan fingerprint density at radius 3 is 2.67 bits per heavy atom. The monoisotopic (exact) mass is 252 g/mol. The van der Waals surface area contributed by atoms with Crippen LogP contribution in [0.3, 0.4) is 0 Å². The molecule has 1 fully saturated rings. The highest BCUT2D eigenvalue weighted by Gasteiger charge is 2.24. The highest BCUT2D eigenvalue weighted by atomic mass is 16.5. The van der Waals surface area contributed by atoms with E-state index in [-0.39, 0.29) is 5.91 Å². The molecule has 0 aromatic rings. The van der Waals surface area contributed by atoms with Crippen LogP contribution in [0.4, 0.5) is 0 Å². The lowest BCUT2D eigenvalue weighted by Crippen LogP contribution is -2.41. The van der Waals surface area contributed by atoms with Gasteiger partial charge in [0.05, 0.1) is 0 Å². The number of nitrogens with zero attached hydrogens (tertiary/aromatic N) is 1. The van der Waals surface area contributed by atoms with Crippen molar-refractivity contribution in [3.63, 3.8) is 0 Å². The Morgan fingerprint density at radius 2 is 1.89 bits per heavy atom. The number of amides is 1. The first kappa shape index (κ1) is 13.6. The van der Waals surface area contributed by atoms with Gasteiger partial charge in [0.15, 0.2) is 0 Å². The molecule has 102 valence electrons. The second-order valence-electron chi connectivity index (χ2n) is 5.40. The predicted molar refractivity (Wildman–Crippen MR) is 70.3 cm³/mol. The summed E-state index contributed by atoms with van der Waals surface area (Å²) in [5.74, 6) is -0.327. The molecule has 1 atom stereocenters. The fraction of sp³-hybridized carbons (Fsp3) is 0.786. The van der Waals surface area contributed by atoms with Gasteiger partial charge in [0.25, 0.3) is 5.91 Å². The molecule has 0 aromatic heterocycles. The van der Waals surface area contributed by atoms with Crippen LogP contribution in [-0.4, -0.2) is 35.1 Å². The van der Waals surface area contributed by atoms with E-state index in [1.54, 1.807) is 5.48 Å². The minimum absolute atomic E-state index is 0.327. The van der Waals surface area contributed by atoms with Crippen LogP contribution >= 0.6 is 0 Å². The van der Waals surface area contributed by atoms with E-state index in [0.717, 1.165) is 31.5 Å². The van der Waals surface area contributed by atoms with Gasteiger partial charge in [-0.15, -0.1) is 0 Å². The van der Waals surface area contributed by atoms with Gasteiger partial charge in [-0.3, -0.25) is 14.9 Å². The molecule has 2 N–H and O–H groups in total. The number of hydroxylamine groups is 1. The quantitative estimate of drug-likeness (QED) is 0.556. The first-order valence-electron chi connectivity index (χ1n) is 7.20. The summed E-state index contributed by atoms with van der Waals surface area (Å²) in [5.41, 5.74) is 2.50. The summed E-state index contributed by atoms with van der Waals surface area (Å²) in [6, 6.07) is 0.393. The van der Waals surface area contributed by atoms with Crippen molar-refractivity contribution in [1.29, 1.82) is 0 Å². The number of carbonyl (C=O) groups is 1. The third-order valence-electron chi connectivity index (χ3n) is 4.12. The lowest BCUT2D eigenvalue weighted by atomic mass is 9.95. The first-order valence-corrected chi connectivity index (χ1v) is 7.20. The van der Waals surface area contributed by atoms with E-state index < -0.39 is 0 Å². The lowest BCUT2D eigenvalue weighted by molar-refractivity contribution is -0.125. The Balaban J connectivity index is 2.02. The van der Waals surface area contributed by atoms with Crippen LogP contribution in [0.2, 0.25) is 0 Å². The molecule has 2 aliphatic rings. The standard InChI is InChI=1S/C14H24N2O2/c17-14(15-18)12-8-10-16-9-6-4-2-1-3-5-7-13(16)11-12/h11,13,18H,1-10H2,(H,15,17). The highest BCUT2D eigenvalue weighted by molar-refractivity contribution is 5.92. The van der Waals surface area contributed by atoms with Crippen LogP contribution in [0.15, 0.2) is 11.6 Å². The normalized spacial score (nSPS) is 26.9. The topological polar surface area (TPSA) is 52.6 Å². The molecule has 0 aliphatic carbocycles. The van der Waals surface area contributed by atoms with Crippen LogP contribution < -0.4 is 5.48 Å². The number of carbonyl (C=O) groups excluding carboxylic acids is 1. The average Bonchev–Trinajstić information content (AvgIpc) is 2.42. The first-order chi connectivity index (χ1) is 8.81. The van der Waals surface area contributed by atoms with Gasteiger partial charge < -0.3 is 0 Å². The third-order valence-corrected chi connectivity index (χ3v) is 4.12. The SMILES string of the molecule is O=C(NO)C1=CC2CCCCCCCCN2CC1. The van der Waals surface area contributed by atoms with E-state index in [9.17, 15) is 4.79 Å². The highest BCUT2D eigenvalue weighted by Crippen LogP contribution is 2.23. The molecule has 1 saturated heterocycles. The zero-order chi connectivity index (χ0) is 12.8. The Bertz CT molecular complexity index is 315. The molecule has 0 radical (unpaired) electrons. The van der Waals surface area contributed by atoms with E-state index in [0.29, 0.717) is 6.04 Å². The Morgan fingerprint density at radius 1 is 1.17 bits per heavy atom. The maximum atomic E-state index is 11.5. The molecule has 0 aromatic carbocycles. The minimum atomic E-state index is -0.327. The van der Waals surface area contributed by atoms with Crippen LogP contribution in [-0.2, 0) is 4.79 Å². The van der Waals surface area contributed by atoms with Crippen molar-refractivity contribution in [1.82, 2.24) is 10.4 Å². The maximum Gasteiger partial charge on any atom is 0.270 e. The van der Waals surface area contributed by atoms with Gasteiger partial charge in [-0.1, -0.05) is 38.2 Å². The van der Waals surface area contributed by atoms with Crippen LogP contribution in [0, 0.1) is 0 Å². The summed E-state index contributed by atoms with van der Waals surface area (Å²) in [7, 11) is 0. The second kappa shape index (κ2) is 6.90. The van der Waals surface area contributed by atoms with Crippen molar-refractivity contribution in [2.24, 2.45) is 0 Å². The third kappa shape index (κ3) is 3.56. The predicted octanol–water partition coefficient (Wildman–Crippen LogP) is 2.24. The zero-order valence-electron chi connectivity index (χ0n) is 11.0. The molecule has 2 heterocycles. The van der Waals surface area contributed by atoms with E-state index in [1.807, 2.05) is 0 Å². The molecule has 1 unspecified atom stereocenters. The Kier molecular flexibility index (Phi) is 5.20. The molecule has 1 amide bonds. The molecule has 4 heteroatoms. The number of rotatable bonds is 1. The Hall–Kier alpha value is -0.870. The number of hydrogen-bond donors (Lipinski definition) is 2. The van der Waals surface area contributed by atoms with E-state index in [2.05, 4.69) is 11.0 Å². The van der Waals surface area contributed by atoms with E-state index in [4.69, 9.17) is 5.21 Å². The molecular formula is C14H24N2O2. The van der Waals surface area contributed by atoms with E-state index >= 15 is 0 Å². The summed E-state index contributed by atoms with van der Waals surface area (Å²) in [6.07, 6.45) is 11.8. The van der Waals surface area contributed by atoms with Gasteiger partial charge in [-0.25, -0.2) is 5.48 Å². The van der Waals surface area contributed by atoms with Gasteiger partial charge in [0, 0.05) is 18.2 Å². The molecule has 18 heavy (non-hydrogen) atoms. The fourth-order valence-electron chi connectivity index (χ4n) is 3.03. The van der Waals surface area contributed by atoms with Crippen molar-refractivity contribution >= 4 is 5.91 Å². The second-order valence-corrected chi connectivity index (χ2v) is 5.40. The molecular weight excluding hydrogens is 228 g/mol. The summed E-state index contributed by atoms with van der Waals surface area (Å²) in [6.45, 7) is 2.10. The molecule has 2 rings (SSSR count). The number of nitrogens with one attached hydrogen (secondary N) is 1. The lowest BCUT2D eigenvalue weighted by Gasteiger charge is -2.34. The minimum Gasteiger partial charge on any atom is -0.297 e. The van der Waals surface area contributed by atoms with Gasteiger partial charge in [-0.2, -0.15) is 0 Å². The maximum absolute atomic E-state index is 11.5. The molecule has 4 nitrogen and oxygen atoms in total. The summed E-state index contributed by atoms with van der Waals surface area (Å²) >= 11 is 0. The average molecular weight is 252 g/mol. The van der Waals surface area contributed by atoms with Gasteiger partial charge in [0.2, 0.25) is 0 Å². The van der Waals surface area contributed by atoms with Gasteiger partial charge in [0.1, 0.15) is 0 Å². The van der Waals surface area contributed by atoms with Crippen LogP contribution in [0.1, 0.15) is 51.4 Å². The van der Waals surface area contributed by atoms with Crippen molar-refractivity contribution < 1.29 is 10.0 Å². The van der Waals surface area contributed by atoms with Crippen LogP contribution in [0.25, 0.3) is 0 Å². The molecule has 0 spiro atoms. The van der Waals surface area contributed by atoms with Crippen molar-refractivity contribution in [3.05, 3.63) is 11.6 Å². The zero-order valence-corrected chi connectivity index (χ0v) is 11.0. The largest absolute Gasteiger partial charge is 0.297 e. The fourth-order valence-corrected chi connectivity index (χ4v) is 3.03.